The molecule has 0 aliphatic carbocycles. The fourth-order valence-electron chi connectivity index (χ4n) is 7.63. The second-order valence-electron chi connectivity index (χ2n) is 13.0. The molecule has 244 valence electrons. The monoisotopic (exact) mass is 631 g/mol. The normalized spacial score (nSPS) is 18.6. The summed E-state index contributed by atoms with van der Waals surface area (Å²) in [6.45, 7) is 12.4. The van der Waals surface area contributed by atoms with Crippen LogP contribution in [0.4, 0.5) is 11.4 Å². The first-order chi connectivity index (χ1) is 23.0. The van der Waals surface area contributed by atoms with E-state index in [0.717, 1.165) is 56.0 Å². The number of fused-ring (bicyclic) bond motifs is 2. The lowest BCUT2D eigenvalue weighted by molar-refractivity contribution is -0.128. The quantitative estimate of drug-likeness (QED) is 0.218. The van der Waals surface area contributed by atoms with E-state index in [1.807, 2.05) is 0 Å². The maximum atomic E-state index is 12.7. The maximum Gasteiger partial charge on any atom is 0.246 e. The van der Waals surface area contributed by atoms with Crippen molar-refractivity contribution in [3.8, 4) is 18.0 Å². The number of hydrogen-bond acceptors (Lipinski definition) is 8. The molecule has 3 aliphatic rings. The molecule has 0 bridgehead atoms. The van der Waals surface area contributed by atoms with Gasteiger partial charge in [-0.25, -0.2) is 4.98 Å². The summed E-state index contributed by atoms with van der Waals surface area (Å²) in [4.78, 5) is 26.6. The van der Waals surface area contributed by atoms with Crippen LogP contribution in [0.3, 0.4) is 0 Å². The van der Waals surface area contributed by atoms with Crippen LogP contribution in [-0.4, -0.2) is 79.2 Å². The fraction of sp³-hybridized carbons (Fsp3) is 0.474. The van der Waals surface area contributed by atoms with Gasteiger partial charge in [0.25, 0.3) is 0 Å². The summed E-state index contributed by atoms with van der Waals surface area (Å²) in [5, 5.41) is 22.7. The van der Waals surface area contributed by atoms with Gasteiger partial charge in [-0.3, -0.25) is 4.79 Å². The molecule has 9 nitrogen and oxygen atoms in total. The summed E-state index contributed by atoms with van der Waals surface area (Å²) in [5.41, 5.74) is 5.70. The molecule has 0 radical (unpaired) electrons. The molecule has 2 fully saturated rings. The molecule has 4 heterocycles. The lowest BCUT2D eigenvalue weighted by atomic mass is 9.95. The number of nitriles is 2. The number of amides is 1. The molecule has 9 heteroatoms. The maximum absolute atomic E-state index is 12.7. The highest BCUT2D eigenvalue weighted by Crippen LogP contribution is 2.40. The number of hydrogen-bond donors (Lipinski definition) is 0. The Kier molecular flexibility index (Phi) is 10.2. The SMILES string of the molecule is C=CC(=O)N1CCN(c2c(C#N)c(OCCCN3CCCCCC3)nc3c2CCN(c2cccc4cccc(C)c24)C3)C[C@@H]1CC#N. The molecule has 0 N–H and O–H groups in total. The third kappa shape index (κ3) is 6.92. The molecule has 2 saturated heterocycles. The summed E-state index contributed by atoms with van der Waals surface area (Å²) >= 11 is 0. The van der Waals surface area contributed by atoms with Gasteiger partial charge < -0.3 is 24.3 Å². The average Bonchev–Trinajstić information content (AvgIpc) is 3.38. The van der Waals surface area contributed by atoms with E-state index < -0.39 is 0 Å². The lowest BCUT2D eigenvalue weighted by Gasteiger charge is -2.43. The zero-order valence-corrected chi connectivity index (χ0v) is 27.6. The van der Waals surface area contributed by atoms with Gasteiger partial charge in [0.15, 0.2) is 0 Å². The van der Waals surface area contributed by atoms with Crippen LogP contribution in [0.15, 0.2) is 49.1 Å². The number of rotatable bonds is 9. The minimum atomic E-state index is -0.300. The zero-order valence-electron chi connectivity index (χ0n) is 27.6. The van der Waals surface area contributed by atoms with Crippen LogP contribution in [0.2, 0.25) is 0 Å². The molecule has 6 rings (SSSR count). The second kappa shape index (κ2) is 14.9. The van der Waals surface area contributed by atoms with Crippen molar-refractivity contribution < 1.29 is 9.53 Å². The molecular formula is C38H45N7O2. The van der Waals surface area contributed by atoms with Crippen molar-refractivity contribution in [2.75, 3.05) is 62.2 Å². The number of benzene rings is 2. The number of anilines is 2. The molecule has 0 spiro atoms. The number of piperazine rings is 1. The molecule has 3 aromatic rings. The molecule has 2 aromatic carbocycles. The van der Waals surface area contributed by atoms with Gasteiger partial charge in [0.1, 0.15) is 11.6 Å². The highest BCUT2D eigenvalue weighted by Gasteiger charge is 2.35. The largest absolute Gasteiger partial charge is 0.477 e. The van der Waals surface area contributed by atoms with Gasteiger partial charge in [0, 0.05) is 49.4 Å². The van der Waals surface area contributed by atoms with Crippen molar-refractivity contribution in [2.24, 2.45) is 0 Å². The van der Waals surface area contributed by atoms with E-state index >= 15 is 0 Å². The Morgan fingerprint density at radius 2 is 1.83 bits per heavy atom. The molecule has 1 aromatic heterocycles. The van der Waals surface area contributed by atoms with Gasteiger partial charge in [0.05, 0.1) is 43.1 Å². The molecular weight excluding hydrogens is 586 g/mol. The number of carbonyl (C=O) groups excluding carboxylic acids is 1. The Morgan fingerprint density at radius 3 is 2.57 bits per heavy atom. The summed E-state index contributed by atoms with van der Waals surface area (Å²) in [6, 6.07) is 17.3. The van der Waals surface area contributed by atoms with Crippen molar-refractivity contribution in [1.29, 1.82) is 10.5 Å². The molecule has 0 saturated carbocycles. The van der Waals surface area contributed by atoms with E-state index in [4.69, 9.17) is 9.72 Å². The molecule has 1 amide bonds. The molecule has 47 heavy (non-hydrogen) atoms. The van der Waals surface area contributed by atoms with Gasteiger partial charge in [-0.05, 0) is 68.8 Å². The summed E-state index contributed by atoms with van der Waals surface area (Å²) in [5.74, 6) is 0.214. The predicted octanol–water partition coefficient (Wildman–Crippen LogP) is 5.74. The molecule has 1 atom stereocenters. The van der Waals surface area contributed by atoms with Gasteiger partial charge in [-0.2, -0.15) is 10.5 Å². The number of nitrogens with zero attached hydrogens (tertiary/aromatic N) is 7. The molecule has 0 unspecified atom stereocenters. The van der Waals surface area contributed by atoms with Crippen LogP contribution >= 0.6 is 0 Å². The van der Waals surface area contributed by atoms with E-state index in [0.29, 0.717) is 44.2 Å². The van der Waals surface area contributed by atoms with Gasteiger partial charge in [-0.15, -0.1) is 0 Å². The van der Waals surface area contributed by atoms with E-state index in [9.17, 15) is 15.3 Å². The molecule has 3 aliphatic heterocycles. The fourth-order valence-corrected chi connectivity index (χ4v) is 7.63. The Balaban J connectivity index is 1.33. The smallest absolute Gasteiger partial charge is 0.246 e. The van der Waals surface area contributed by atoms with Crippen LogP contribution in [-0.2, 0) is 17.8 Å². The van der Waals surface area contributed by atoms with E-state index in [-0.39, 0.29) is 18.4 Å². The highest BCUT2D eigenvalue weighted by molar-refractivity contribution is 5.97. The number of likely N-dealkylation sites (tertiary alicyclic amines) is 1. The van der Waals surface area contributed by atoms with Gasteiger partial charge >= 0.3 is 0 Å². The van der Waals surface area contributed by atoms with Crippen molar-refractivity contribution >= 4 is 28.1 Å². The van der Waals surface area contributed by atoms with Crippen molar-refractivity contribution in [2.45, 2.75) is 64.5 Å². The predicted molar refractivity (Wildman–Crippen MR) is 186 cm³/mol. The minimum absolute atomic E-state index is 0.170. The Labute approximate surface area is 278 Å². The lowest BCUT2D eigenvalue weighted by Crippen LogP contribution is -2.55. The summed E-state index contributed by atoms with van der Waals surface area (Å²) in [7, 11) is 0. The number of aromatic nitrogens is 1. The topological polar surface area (TPSA) is 99.7 Å². The van der Waals surface area contributed by atoms with Crippen LogP contribution in [0.25, 0.3) is 10.8 Å². The van der Waals surface area contributed by atoms with Gasteiger partial charge in [-0.1, -0.05) is 49.8 Å². The second-order valence-corrected chi connectivity index (χ2v) is 13.0. The third-order valence-electron chi connectivity index (χ3n) is 9.98. The number of pyridine rings is 1. The van der Waals surface area contributed by atoms with Crippen molar-refractivity contribution in [3.05, 3.63) is 71.4 Å². The Hall–Kier alpha value is -4.60. The standard InChI is InChI=1S/C38H45N7O2/c1-3-35(46)45-23-22-44(26-30(45)15-17-39)37-31-16-21-43(34-14-9-13-29-12-8-11-28(2)36(29)34)27-33(31)41-38(32(37)25-40)47-24-10-20-42-18-6-4-5-7-19-42/h3,8-9,11-14,30H,1,4-7,10,15-16,18-24,26-27H2,2H3/t30-/m0/s1. The van der Waals surface area contributed by atoms with Crippen molar-refractivity contribution in [1.82, 2.24) is 14.8 Å². The van der Waals surface area contributed by atoms with E-state index in [1.165, 1.54) is 53.8 Å². The van der Waals surface area contributed by atoms with E-state index in [1.54, 1.807) is 4.90 Å². The summed E-state index contributed by atoms with van der Waals surface area (Å²) in [6.07, 6.45) is 8.23. The van der Waals surface area contributed by atoms with Crippen molar-refractivity contribution in [3.63, 3.8) is 0 Å². The first-order valence-electron chi connectivity index (χ1n) is 17.1. The van der Waals surface area contributed by atoms with Crippen LogP contribution in [0.5, 0.6) is 5.88 Å². The number of ether oxygens (including phenoxy) is 1. The zero-order chi connectivity index (χ0) is 32.8. The average molecular weight is 632 g/mol. The first kappa shape index (κ1) is 32.3. The number of carbonyl (C=O) groups is 1. The van der Waals surface area contributed by atoms with Crippen LogP contribution in [0.1, 0.15) is 60.9 Å². The summed E-state index contributed by atoms with van der Waals surface area (Å²) < 4.78 is 6.39. The van der Waals surface area contributed by atoms with Crippen LogP contribution < -0.4 is 14.5 Å². The minimum Gasteiger partial charge on any atom is -0.477 e. The van der Waals surface area contributed by atoms with E-state index in [2.05, 4.69) is 76.7 Å². The Morgan fingerprint density at radius 1 is 1.04 bits per heavy atom. The third-order valence-corrected chi connectivity index (χ3v) is 9.98. The van der Waals surface area contributed by atoms with Crippen LogP contribution in [0, 0.1) is 29.6 Å². The van der Waals surface area contributed by atoms with Gasteiger partial charge in [0.2, 0.25) is 11.8 Å². The highest BCUT2D eigenvalue weighted by atomic mass is 16.5. The number of aryl methyl sites for hydroxylation is 1. The Bertz CT molecular complexity index is 1690. The first-order valence-corrected chi connectivity index (χ1v) is 17.1.